The number of rotatable bonds is 1. The fraction of sp³-hybridized carbons (Fsp3) is 0.909. The summed E-state index contributed by atoms with van der Waals surface area (Å²) >= 11 is 7.82. The summed E-state index contributed by atoms with van der Waals surface area (Å²) in [5.41, 5.74) is 0. The first-order chi connectivity index (χ1) is 6.92. The number of amides is 1. The van der Waals surface area contributed by atoms with E-state index in [0.29, 0.717) is 26.5 Å². The summed E-state index contributed by atoms with van der Waals surface area (Å²) in [6.45, 7) is 1.63. The molecule has 4 rings (SSSR count). The van der Waals surface area contributed by atoms with Gasteiger partial charge in [0.15, 0.2) is 0 Å². The second-order valence-electron chi connectivity index (χ2n) is 5.57. The van der Waals surface area contributed by atoms with E-state index in [4.69, 9.17) is 0 Å². The van der Waals surface area contributed by atoms with Gasteiger partial charge >= 0.3 is 0 Å². The van der Waals surface area contributed by atoms with Gasteiger partial charge in [0.25, 0.3) is 0 Å². The van der Waals surface area contributed by atoms with E-state index in [1.807, 2.05) is 0 Å². The van der Waals surface area contributed by atoms with Crippen LogP contribution in [-0.4, -0.2) is 20.6 Å². The van der Waals surface area contributed by atoms with Crippen molar-refractivity contribution in [3.63, 3.8) is 0 Å². The molecule has 84 valence electrons. The molecule has 0 radical (unpaired) electrons. The molecule has 0 aliphatic heterocycles. The summed E-state index contributed by atoms with van der Waals surface area (Å²) in [6.07, 6.45) is 4.88. The van der Waals surface area contributed by atoms with Crippen LogP contribution in [0.4, 0.5) is 0 Å². The van der Waals surface area contributed by atoms with Crippen molar-refractivity contribution in [2.45, 2.75) is 47.3 Å². The molecule has 4 aliphatic rings. The second kappa shape index (κ2) is 3.00. The van der Waals surface area contributed by atoms with Crippen LogP contribution < -0.4 is 5.32 Å². The summed E-state index contributed by atoms with van der Waals surface area (Å²) in [5, 5.41) is 3.15. The minimum atomic E-state index is 0.121. The molecule has 1 N–H and O–H groups in total. The highest BCUT2D eigenvalue weighted by Gasteiger charge is 2.66. The van der Waals surface area contributed by atoms with Gasteiger partial charge < -0.3 is 5.32 Å². The van der Waals surface area contributed by atoms with Crippen molar-refractivity contribution in [1.29, 1.82) is 0 Å². The molecule has 0 aromatic rings. The minimum Gasteiger partial charge on any atom is -0.353 e. The molecule has 0 aromatic heterocycles. The SMILES string of the molecule is CC(=O)NC1C2CC3(Br)CC1C(Br)(C2)C3. The van der Waals surface area contributed by atoms with E-state index in [1.165, 1.54) is 25.7 Å². The van der Waals surface area contributed by atoms with Gasteiger partial charge in [-0.1, -0.05) is 31.9 Å². The minimum absolute atomic E-state index is 0.121. The molecule has 0 saturated heterocycles. The van der Waals surface area contributed by atoms with Gasteiger partial charge in [-0.05, 0) is 37.5 Å². The lowest BCUT2D eigenvalue weighted by molar-refractivity contribution is -0.120. The zero-order valence-electron chi connectivity index (χ0n) is 8.72. The van der Waals surface area contributed by atoms with E-state index in [0.717, 1.165) is 0 Å². The van der Waals surface area contributed by atoms with E-state index in [9.17, 15) is 4.79 Å². The van der Waals surface area contributed by atoms with Gasteiger partial charge in [0.2, 0.25) is 5.91 Å². The van der Waals surface area contributed by atoms with E-state index in [1.54, 1.807) is 6.92 Å². The van der Waals surface area contributed by atoms with Crippen LogP contribution in [0, 0.1) is 11.8 Å². The van der Waals surface area contributed by atoms with Crippen LogP contribution in [0.1, 0.15) is 32.6 Å². The normalized spacial score (nSPS) is 56.1. The van der Waals surface area contributed by atoms with Crippen molar-refractivity contribution in [3.05, 3.63) is 0 Å². The van der Waals surface area contributed by atoms with Crippen LogP contribution in [0.5, 0.6) is 0 Å². The first-order valence-electron chi connectivity index (χ1n) is 5.57. The summed E-state index contributed by atoms with van der Waals surface area (Å²) in [7, 11) is 0. The standard InChI is InChI=1S/C11H15Br2NO/c1-6(15)14-9-7-2-10(12)4-8(9)11(13,3-7)5-10/h7-9H,2-5H2,1H3,(H,14,15). The lowest BCUT2D eigenvalue weighted by Crippen LogP contribution is -2.46. The van der Waals surface area contributed by atoms with Crippen LogP contribution in [0.15, 0.2) is 0 Å². The number of alkyl halides is 2. The van der Waals surface area contributed by atoms with Gasteiger partial charge in [-0.3, -0.25) is 4.79 Å². The molecule has 0 spiro atoms. The van der Waals surface area contributed by atoms with Crippen LogP contribution in [0.3, 0.4) is 0 Å². The topological polar surface area (TPSA) is 29.1 Å². The third kappa shape index (κ3) is 1.43. The van der Waals surface area contributed by atoms with Gasteiger partial charge in [-0.2, -0.15) is 0 Å². The maximum absolute atomic E-state index is 11.2. The molecule has 4 saturated carbocycles. The Labute approximate surface area is 107 Å². The number of hydrogen-bond donors (Lipinski definition) is 1. The highest BCUT2D eigenvalue weighted by molar-refractivity contribution is 9.10. The molecule has 4 heteroatoms. The van der Waals surface area contributed by atoms with Crippen molar-refractivity contribution >= 4 is 37.8 Å². The fourth-order valence-corrected chi connectivity index (χ4v) is 7.19. The molecule has 5 atom stereocenters. The molecule has 5 unspecified atom stereocenters. The Hall–Kier alpha value is 0.430. The Morgan fingerprint density at radius 1 is 1.33 bits per heavy atom. The van der Waals surface area contributed by atoms with Crippen LogP contribution >= 0.6 is 31.9 Å². The number of carbonyl (C=O) groups excluding carboxylic acids is 1. The first kappa shape index (κ1) is 10.6. The van der Waals surface area contributed by atoms with Gasteiger partial charge in [-0.15, -0.1) is 0 Å². The highest BCUT2D eigenvalue weighted by Crippen LogP contribution is 2.68. The third-order valence-corrected chi connectivity index (χ3v) is 6.52. The van der Waals surface area contributed by atoms with Gasteiger partial charge in [0.1, 0.15) is 0 Å². The Kier molecular flexibility index (Phi) is 2.12. The predicted octanol–water partition coefficient (Wildman–Crippen LogP) is 2.59. The zero-order chi connectivity index (χ0) is 10.8. The molecule has 2 nitrogen and oxygen atoms in total. The molecular weight excluding hydrogens is 322 g/mol. The Morgan fingerprint density at radius 3 is 2.67 bits per heavy atom. The molecule has 1 amide bonds. The van der Waals surface area contributed by atoms with Crippen LogP contribution in [-0.2, 0) is 4.79 Å². The van der Waals surface area contributed by atoms with Crippen molar-refractivity contribution in [3.8, 4) is 0 Å². The Balaban J connectivity index is 1.89. The average Bonchev–Trinajstić information content (AvgIpc) is 2.35. The lowest BCUT2D eigenvalue weighted by atomic mass is 9.79. The maximum Gasteiger partial charge on any atom is 0.217 e. The van der Waals surface area contributed by atoms with E-state index in [2.05, 4.69) is 37.2 Å². The Morgan fingerprint density at radius 2 is 2.07 bits per heavy atom. The van der Waals surface area contributed by atoms with Crippen molar-refractivity contribution in [2.75, 3.05) is 0 Å². The van der Waals surface area contributed by atoms with Crippen LogP contribution in [0.25, 0.3) is 0 Å². The summed E-state index contributed by atoms with van der Waals surface area (Å²) < 4.78 is 0.658. The predicted molar refractivity (Wildman–Crippen MR) is 66.4 cm³/mol. The van der Waals surface area contributed by atoms with Crippen molar-refractivity contribution in [1.82, 2.24) is 5.32 Å². The molecule has 4 fully saturated rings. The lowest BCUT2D eigenvalue weighted by Gasteiger charge is -2.38. The quantitative estimate of drug-likeness (QED) is 0.733. The van der Waals surface area contributed by atoms with Gasteiger partial charge in [-0.25, -0.2) is 0 Å². The summed E-state index contributed by atoms with van der Waals surface area (Å²) in [4.78, 5) is 11.2. The van der Waals surface area contributed by atoms with E-state index in [-0.39, 0.29) is 5.91 Å². The number of nitrogens with one attached hydrogen (secondary N) is 1. The maximum atomic E-state index is 11.2. The zero-order valence-corrected chi connectivity index (χ0v) is 11.9. The number of carbonyl (C=O) groups is 1. The van der Waals surface area contributed by atoms with E-state index < -0.39 is 0 Å². The average molecular weight is 337 g/mol. The van der Waals surface area contributed by atoms with Crippen molar-refractivity contribution in [2.24, 2.45) is 11.8 Å². The summed E-state index contributed by atoms with van der Waals surface area (Å²) in [5.74, 6) is 1.41. The molecule has 0 aromatic carbocycles. The largest absolute Gasteiger partial charge is 0.353 e. The molecule has 0 heterocycles. The van der Waals surface area contributed by atoms with Crippen LogP contribution in [0.2, 0.25) is 0 Å². The monoisotopic (exact) mass is 335 g/mol. The molecular formula is C11H15Br2NO. The third-order valence-electron chi connectivity index (χ3n) is 4.40. The molecule has 15 heavy (non-hydrogen) atoms. The highest BCUT2D eigenvalue weighted by atomic mass is 79.9. The number of halogens is 2. The fourth-order valence-electron chi connectivity index (χ4n) is 4.15. The smallest absolute Gasteiger partial charge is 0.217 e. The molecule has 4 aliphatic carbocycles. The number of hydrogen-bond acceptors (Lipinski definition) is 1. The van der Waals surface area contributed by atoms with Gasteiger partial charge in [0.05, 0.1) is 0 Å². The Bertz CT molecular complexity index is 333. The first-order valence-corrected chi connectivity index (χ1v) is 7.15. The second-order valence-corrected chi connectivity index (χ2v) is 8.83. The van der Waals surface area contributed by atoms with Crippen molar-refractivity contribution < 1.29 is 4.79 Å². The van der Waals surface area contributed by atoms with E-state index >= 15 is 0 Å². The molecule has 4 bridgehead atoms. The summed E-state index contributed by atoms with van der Waals surface area (Å²) in [6, 6.07) is 0.412. The van der Waals surface area contributed by atoms with Gasteiger partial charge in [0, 0.05) is 21.6 Å².